The SMILES string of the molecule is CS(=O)(=O)CCc1ccc(Nc2nc3ccccn3c(=O)c2[N+](=O)[O-])cc1. The third kappa shape index (κ3) is 4.29. The van der Waals surface area contributed by atoms with Crippen molar-refractivity contribution < 1.29 is 13.3 Å². The molecule has 0 radical (unpaired) electrons. The summed E-state index contributed by atoms with van der Waals surface area (Å²) in [6.07, 6.45) is 2.96. The minimum Gasteiger partial charge on any atom is -0.334 e. The summed E-state index contributed by atoms with van der Waals surface area (Å²) in [6.45, 7) is 0. The summed E-state index contributed by atoms with van der Waals surface area (Å²) in [7, 11) is -3.06. The summed E-state index contributed by atoms with van der Waals surface area (Å²) in [5.74, 6) is -0.117. The second kappa shape index (κ2) is 7.16. The van der Waals surface area contributed by atoms with Gasteiger partial charge in [-0.05, 0) is 36.2 Å². The lowest BCUT2D eigenvalue weighted by molar-refractivity contribution is -0.385. The van der Waals surface area contributed by atoms with Crippen LogP contribution in [0.5, 0.6) is 0 Å². The lowest BCUT2D eigenvalue weighted by Gasteiger charge is -2.09. The number of aromatic nitrogens is 2. The van der Waals surface area contributed by atoms with Gasteiger partial charge in [0.25, 0.3) is 0 Å². The molecule has 2 aromatic heterocycles. The molecule has 0 aliphatic rings. The monoisotopic (exact) mass is 388 g/mol. The van der Waals surface area contributed by atoms with E-state index >= 15 is 0 Å². The molecule has 1 N–H and O–H groups in total. The van der Waals surface area contributed by atoms with Gasteiger partial charge in [-0.1, -0.05) is 18.2 Å². The van der Waals surface area contributed by atoms with Crippen LogP contribution in [0, 0.1) is 10.1 Å². The summed E-state index contributed by atoms with van der Waals surface area (Å²) < 4.78 is 23.6. The number of hydrogen-bond acceptors (Lipinski definition) is 7. The van der Waals surface area contributed by atoms with E-state index in [0.717, 1.165) is 9.96 Å². The minimum atomic E-state index is -3.06. The third-order valence-corrected chi connectivity index (χ3v) is 4.82. The molecule has 10 heteroatoms. The topological polar surface area (TPSA) is 124 Å². The molecule has 0 unspecified atom stereocenters. The third-order valence-electron chi connectivity index (χ3n) is 3.87. The van der Waals surface area contributed by atoms with Crippen LogP contribution in [0.1, 0.15) is 5.56 Å². The fourth-order valence-corrected chi connectivity index (χ4v) is 3.13. The smallest absolute Gasteiger partial charge is 0.334 e. The lowest BCUT2D eigenvalue weighted by atomic mass is 10.1. The second-order valence-electron chi connectivity index (χ2n) is 6.00. The number of nitro groups is 1. The van der Waals surface area contributed by atoms with Gasteiger partial charge in [-0.3, -0.25) is 19.3 Å². The summed E-state index contributed by atoms with van der Waals surface area (Å²) >= 11 is 0. The van der Waals surface area contributed by atoms with Gasteiger partial charge in [-0.25, -0.2) is 13.4 Å². The van der Waals surface area contributed by atoms with Crippen LogP contribution in [0.4, 0.5) is 17.2 Å². The molecule has 0 saturated carbocycles. The summed E-state index contributed by atoms with van der Waals surface area (Å²) in [4.78, 5) is 27.2. The maximum absolute atomic E-state index is 12.4. The van der Waals surface area contributed by atoms with Crippen LogP contribution in [0.3, 0.4) is 0 Å². The second-order valence-corrected chi connectivity index (χ2v) is 8.26. The number of sulfone groups is 1. The average Bonchev–Trinajstić information content (AvgIpc) is 2.60. The van der Waals surface area contributed by atoms with E-state index < -0.39 is 26.0 Å². The number of nitrogens with one attached hydrogen (secondary N) is 1. The highest BCUT2D eigenvalue weighted by Crippen LogP contribution is 2.23. The van der Waals surface area contributed by atoms with Crippen molar-refractivity contribution in [1.29, 1.82) is 0 Å². The molecular formula is C17H16N4O5S. The van der Waals surface area contributed by atoms with Gasteiger partial charge in [0.2, 0.25) is 5.82 Å². The number of benzene rings is 1. The zero-order chi connectivity index (χ0) is 19.6. The van der Waals surface area contributed by atoms with Gasteiger partial charge in [0, 0.05) is 18.1 Å². The van der Waals surface area contributed by atoms with Crippen LogP contribution >= 0.6 is 0 Å². The van der Waals surface area contributed by atoms with Gasteiger partial charge in [-0.2, -0.15) is 0 Å². The number of aryl methyl sites for hydroxylation is 1. The van der Waals surface area contributed by atoms with Crippen molar-refractivity contribution in [3.8, 4) is 0 Å². The molecule has 0 aliphatic carbocycles. The minimum absolute atomic E-state index is 0.0360. The Kier molecular flexibility index (Phi) is 4.91. The van der Waals surface area contributed by atoms with Gasteiger partial charge in [0.05, 0.1) is 10.7 Å². The summed E-state index contributed by atoms with van der Waals surface area (Å²) in [5.41, 5.74) is 0.151. The lowest BCUT2D eigenvalue weighted by Crippen LogP contribution is -2.20. The van der Waals surface area contributed by atoms with E-state index in [1.165, 1.54) is 12.5 Å². The first kappa shape index (κ1) is 18.5. The Balaban J connectivity index is 1.93. The Hall–Kier alpha value is -3.27. The molecule has 0 bridgehead atoms. The molecule has 140 valence electrons. The van der Waals surface area contributed by atoms with Gasteiger partial charge in [0.15, 0.2) is 0 Å². The van der Waals surface area contributed by atoms with E-state index in [0.29, 0.717) is 12.1 Å². The van der Waals surface area contributed by atoms with Crippen molar-refractivity contribution in [2.45, 2.75) is 6.42 Å². The van der Waals surface area contributed by atoms with E-state index in [2.05, 4.69) is 10.3 Å². The highest BCUT2D eigenvalue weighted by molar-refractivity contribution is 7.90. The van der Waals surface area contributed by atoms with E-state index in [-0.39, 0.29) is 17.2 Å². The molecule has 3 rings (SSSR count). The van der Waals surface area contributed by atoms with Crippen LogP contribution in [-0.2, 0) is 16.3 Å². The molecule has 0 saturated heterocycles. The Morgan fingerprint density at radius 1 is 1.19 bits per heavy atom. The number of anilines is 2. The quantitative estimate of drug-likeness (QED) is 0.505. The van der Waals surface area contributed by atoms with Crippen molar-refractivity contribution in [2.75, 3.05) is 17.3 Å². The van der Waals surface area contributed by atoms with Crippen molar-refractivity contribution in [1.82, 2.24) is 9.38 Å². The standard InChI is InChI=1S/C17H16N4O5S/c1-27(25,26)11-9-12-5-7-13(8-6-12)18-16-15(21(23)24)17(22)20-10-3-2-4-14(20)19-16/h2-8,10,18H,9,11H2,1H3. The fraction of sp³-hybridized carbons (Fsp3) is 0.176. The number of fused-ring (bicyclic) bond motifs is 1. The first-order valence-corrected chi connectivity index (χ1v) is 10.00. The predicted octanol–water partition coefficient (Wildman–Crippen LogP) is 1.93. The van der Waals surface area contributed by atoms with Crippen molar-refractivity contribution in [3.63, 3.8) is 0 Å². The van der Waals surface area contributed by atoms with Crippen LogP contribution in [-0.4, -0.2) is 34.7 Å². The number of nitrogens with zero attached hydrogens (tertiary/aromatic N) is 3. The molecule has 0 fully saturated rings. The molecule has 9 nitrogen and oxygen atoms in total. The maximum atomic E-state index is 12.4. The number of hydrogen-bond donors (Lipinski definition) is 1. The summed E-state index contributed by atoms with van der Waals surface area (Å²) in [5, 5.41) is 14.2. The van der Waals surface area contributed by atoms with Gasteiger partial charge in [-0.15, -0.1) is 0 Å². The first-order valence-electron chi connectivity index (χ1n) is 7.94. The van der Waals surface area contributed by atoms with Crippen LogP contribution in [0.25, 0.3) is 5.65 Å². The zero-order valence-electron chi connectivity index (χ0n) is 14.3. The molecule has 0 amide bonds. The Morgan fingerprint density at radius 3 is 2.52 bits per heavy atom. The largest absolute Gasteiger partial charge is 0.376 e. The normalized spacial score (nSPS) is 11.4. The molecule has 2 heterocycles. The molecule has 0 atom stereocenters. The van der Waals surface area contributed by atoms with E-state index in [1.807, 2.05) is 0 Å². The highest BCUT2D eigenvalue weighted by Gasteiger charge is 2.23. The van der Waals surface area contributed by atoms with E-state index in [4.69, 9.17) is 0 Å². The molecule has 0 spiro atoms. The van der Waals surface area contributed by atoms with Gasteiger partial charge in [0.1, 0.15) is 15.5 Å². The van der Waals surface area contributed by atoms with Gasteiger partial charge >= 0.3 is 11.2 Å². The Bertz CT molecular complexity index is 1170. The van der Waals surface area contributed by atoms with Crippen LogP contribution in [0.2, 0.25) is 0 Å². The fourth-order valence-electron chi connectivity index (χ4n) is 2.53. The van der Waals surface area contributed by atoms with Crippen LogP contribution in [0.15, 0.2) is 53.5 Å². The van der Waals surface area contributed by atoms with Crippen molar-refractivity contribution in [3.05, 3.63) is 74.7 Å². The average molecular weight is 388 g/mol. The molecule has 3 aromatic rings. The van der Waals surface area contributed by atoms with Crippen LogP contribution < -0.4 is 10.9 Å². The van der Waals surface area contributed by atoms with Crippen molar-refractivity contribution >= 4 is 32.7 Å². The molecular weight excluding hydrogens is 372 g/mol. The highest BCUT2D eigenvalue weighted by atomic mass is 32.2. The predicted molar refractivity (Wildman–Crippen MR) is 101 cm³/mol. The van der Waals surface area contributed by atoms with Crippen molar-refractivity contribution in [2.24, 2.45) is 0 Å². The Morgan fingerprint density at radius 2 is 1.89 bits per heavy atom. The molecule has 0 aliphatic heterocycles. The first-order chi connectivity index (χ1) is 12.7. The van der Waals surface area contributed by atoms with E-state index in [1.54, 1.807) is 42.5 Å². The zero-order valence-corrected chi connectivity index (χ0v) is 15.1. The summed E-state index contributed by atoms with van der Waals surface area (Å²) in [6, 6.07) is 11.6. The Labute approximate surface area is 154 Å². The maximum Gasteiger partial charge on any atom is 0.376 e. The molecule has 27 heavy (non-hydrogen) atoms. The van der Waals surface area contributed by atoms with Gasteiger partial charge < -0.3 is 5.32 Å². The number of pyridine rings is 1. The van der Waals surface area contributed by atoms with E-state index in [9.17, 15) is 23.3 Å². The number of rotatable bonds is 6. The molecule has 1 aromatic carbocycles.